The molecule has 1 fully saturated rings. The molecule has 0 saturated carbocycles. The van der Waals surface area contributed by atoms with Gasteiger partial charge in [-0.05, 0) is 37.1 Å². The summed E-state index contributed by atoms with van der Waals surface area (Å²) in [5.74, 6) is 0.540. The highest BCUT2D eigenvalue weighted by molar-refractivity contribution is 5.96. The van der Waals surface area contributed by atoms with Gasteiger partial charge < -0.3 is 19.6 Å². The molecular weight excluding hydrogens is 320 g/mol. The normalized spacial score (nSPS) is 17.1. The van der Waals surface area contributed by atoms with Crippen molar-refractivity contribution in [3.8, 4) is 0 Å². The number of rotatable bonds is 4. The predicted molar refractivity (Wildman–Crippen MR) is 90.7 cm³/mol. The number of H-pyrrole nitrogens is 1. The van der Waals surface area contributed by atoms with Crippen LogP contribution in [0, 0.1) is 0 Å². The van der Waals surface area contributed by atoms with Crippen LogP contribution in [0.25, 0.3) is 11.0 Å². The van der Waals surface area contributed by atoms with Crippen LogP contribution < -0.4 is 5.32 Å². The smallest absolute Gasteiger partial charge is 0.290 e. The van der Waals surface area contributed by atoms with Crippen molar-refractivity contribution in [1.82, 2.24) is 20.2 Å². The molecule has 1 aromatic carbocycles. The quantitative estimate of drug-likeness (QED) is 0.762. The van der Waals surface area contributed by atoms with E-state index in [9.17, 15) is 9.59 Å². The van der Waals surface area contributed by atoms with Gasteiger partial charge >= 0.3 is 0 Å². The van der Waals surface area contributed by atoms with Crippen molar-refractivity contribution in [3.05, 3.63) is 54.2 Å². The van der Waals surface area contributed by atoms with Gasteiger partial charge in [0.1, 0.15) is 11.9 Å². The molecule has 7 heteroatoms. The van der Waals surface area contributed by atoms with Gasteiger partial charge in [0, 0.05) is 6.54 Å². The molecule has 4 rings (SSSR count). The van der Waals surface area contributed by atoms with E-state index in [1.807, 2.05) is 24.3 Å². The number of fused-ring (bicyclic) bond motifs is 1. The molecule has 2 aromatic heterocycles. The molecule has 128 valence electrons. The number of nitrogens with one attached hydrogen (secondary N) is 2. The number of furan rings is 1. The summed E-state index contributed by atoms with van der Waals surface area (Å²) in [5.41, 5.74) is 1.80. The third kappa shape index (κ3) is 3.00. The number of benzene rings is 1. The van der Waals surface area contributed by atoms with Crippen LogP contribution in [0.15, 0.2) is 47.1 Å². The molecule has 1 unspecified atom stereocenters. The number of para-hydroxylation sites is 2. The minimum atomic E-state index is -0.470. The number of hydrogen-bond donors (Lipinski definition) is 2. The molecular formula is C18H18N4O3. The Labute approximate surface area is 144 Å². The molecule has 1 aliphatic heterocycles. The number of likely N-dealkylation sites (tertiary alicyclic amines) is 1. The minimum absolute atomic E-state index is 0.169. The summed E-state index contributed by atoms with van der Waals surface area (Å²) in [4.78, 5) is 34.2. The first-order valence-corrected chi connectivity index (χ1v) is 8.28. The van der Waals surface area contributed by atoms with Crippen LogP contribution in [0.1, 0.15) is 29.2 Å². The third-order valence-electron chi connectivity index (χ3n) is 4.42. The lowest BCUT2D eigenvalue weighted by Gasteiger charge is -2.22. The average Bonchev–Trinajstić information content (AvgIpc) is 3.38. The van der Waals surface area contributed by atoms with Crippen LogP contribution in [0.5, 0.6) is 0 Å². The number of nitrogens with zero attached hydrogens (tertiary/aromatic N) is 2. The zero-order valence-electron chi connectivity index (χ0n) is 13.6. The molecule has 0 aliphatic carbocycles. The van der Waals surface area contributed by atoms with Crippen LogP contribution in [0.4, 0.5) is 0 Å². The van der Waals surface area contributed by atoms with Crippen molar-refractivity contribution >= 4 is 22.8 Å². The molecule has 7 nitrogen and oxygen atoms in total. The van der Waals surface area contributed by atoms with E-state index in [-0.39, 0.29) is 17.6 Å². The predicted octanol–water partition coefficient (Wildman–Crippen LogP) is 2.08. The van der Waals surface area contributed by atoms with Gasteiger partial charge in [-0.2, -0.15) is 0 Å². The first-order chi connectivity index (χ1) is 12.2. The Morgan fingerprint density at radius 2 is 2.16 bits per heavy atom. The molecule has 25 heavy (non-hydrogen) atoms. The summed E-state index contributed by atoms with van der Waals surface area (Å²) in [6, 6.07) is 10.5. The van der Waals surface area contributed by atoms with Crippen LogP contribution >= 0.6 is 0 Å². The van der Waals surface area contributed by atoms with Crippen LogP contribution in [0.3, 0.4) is 0 Å². The van der Waals surface area contributed by atoms with E-state index in [0.717, 1.165) is 17.5 Å². The zero-order valence-corrected chi connectivity index (χ0v) is 13.6. The van der Waals surface area contributed by atoms with Gasteiger partial charge in [-0.1, -0.05) is 12.1 Å². The second kappa shape index (κ2) is 6.43. The number of aromatic nitrogens is 2. The largest absolute Gasteiger partial charge is 0.459 e. The van der Waals surface area contributed by atoms with Crippen molar-refractivity contribution in [2.24, 2.45) is 0 Å². The Balaban J connectivity index is 1.42. The summed E-state index contributed by atoms with van der Waals surface area (Å²) >= 11 is 0. The monoisotopic (exact) mass is 338 g/mol. The average molecular weight is 338 g/mol. The molecule has 3 aromatic rings. The van der Waals surface area contributed by atoms with Crippen molar-refractivity contribution < 1.29 is 14.0 Å². The Kier molecular flexibility index (Phi) is 3.97. The van der Waals surface area contributed by atoms with Crippen LogP contribution in [-0.2, 0) is 11.3 Å². The topological polar surface area (TPSA) is 91.2 Å². The second-order valence-corrected chi connectivity index (χ2v) is 6.05. The number of carbonyl (C=O) groups excluding carboxylic acids is 2. The third-order valence-corrected chi connectivity index (χ3v) is 4.42. The minimum Gasteiger partial charge on any atom is -0.459 e. The Morgan fingerprint density at radius 1 is 1.28 bits per heavy atom. The standard InChI is InChI=1S/C18H18N4O3/c23-17(19-11-16-20-12-5-1-2-6-13(12)21-16)14-7-3-9-22(14)18(24)15-8-4-10-25-15/h1-2,4-6,8,10,14H,3,7,9,11H2,(H,19,23)(H,20,21). The number of carbonyl (C=O) groups is 2. The zero-order chi connectivity index (χ0) is 17.2. The fraction of sp³-hybridized carbons (Fsp3) is 0.278. The lowest BCUT2D eigenvalue weighted by atomic mass is 10.2. The van der Waals surface area contributed by atoms with Crippen molar-refractivity contribution in [3.63, 3.8) is 0 Å². The second-order valence-electron chi connectivity index (χ2n) is 6.05. The summed E-state index contributed by atoms with van der Waals surface area (Å²) in [5, 5.41) is 2.87. The lowest BCUT2D eigenvalue weighted by molar-refractivity contribution is -0.125. The first kappa shape index (κ1) is 15.4. The highest BCUT2D eigenvalue weighted by Crippen LogP contribution is 2.20. The molecule has 0 spiro atoms. The molecule has 1 aliphatic rings. The maximum atomic E-state index is 12.5. The van der Waals surface area contributed by atoms with E-state index in [1.54, 1.807) is 17.0 Å². The van der Waals surface area contributed by atoms with E-state index in [0.29, 0.717) is 25.3 Å². The van der Waals surface area contributed by atoms with Crippen molar-refractivity contribution in [2.75, 3.05) is 6.54 Å². The molecule has 3 heterocycles. The maximum absolute atomic E-state index is 12.5. The Morgan fingerprint density at radius 3 is 2.96 bits per heavy atom. The molecule has 2 amide bonds. The van der Waals surface area contributed by atoms with Crippen molar-refractivity contribution in [2.45, 2.75) is 25.4 Å². The van der Waals surface area contributed by atoms with E-state index in [1.165, 1.54) is 6.26 Å². The highest BCUT2D eigenvalue weighted by Gasteiger charge is 2.35. The van der Waals surface area contributed by atoms with Crippen molar-refractivity contribution in [1.29, 1.82) is 0 Å². The summed E-state index contributed by atoms with van der Waals surface area (Å²) in [6.07, 6.45) is 2.91. The van der Waals surface area contributed by atoms with Crippen LogP contribution in [0.2, 0.25) is 0 Å². The van der Waals surface area contributed by atoms with Gasteiger partial charge in [-0.15, -0.1) is 0 Å². The summed E-state index contributed by atoms with van der Waals surface area (Å²) < 4.78 is 5.16. The van der Waals surface area contributed by atoms with Gasteiger partial charge in [-0.25, -0.2) is 4.98 Å². The SMILES string of the molecule is O=C(NCc1nc2ccccc2[nH]1)C1CCCN1C(=O)c1ccco1. The fourth-order valence-electron chi connectivity index (χ4n) is 3.20. The highest BCUT2D eigenvalue weighted by atomic mass is 16.3. The number of hydrogen-bond acceptors (Lipinski definition) is 4. The van der Waals surface area contributed by atoms with E-state index in [4.69, 9.17) is 4.42 Å². The number of imidazole rings is 1. The lowest BCUT2D eigenvalue weighted by Crippen LogP contribution is -2.45. The van der Waals surface area contributed by atoms with Gasteiger partial charge in [-0.3, -0.25) is 9.59 Å². The van der Waals surface area contributed by atoms with Gasteiger partial charge in [0.05, 0.1) is 23.8 Å². The number of aromatic amines is 1. The van der Waals surface area contributed by atoms with E-state index in [2.05, 4.69) is 15.3 Å². The van der Waals surface area contributed by atoms with Crippen LogP contribution in [-0.4, -0.2) is 39.3 Å². The summed E-state index contributed by atoms with van der Waals surface area (Å²) in [7, 11) is 0. The van der Waals surface area contributed by atoms with Gasteiger partial charge in [0.2, 0.25) is 5.91 Å². The summed E-state index contributed by atoms with van der Waals surface area (Å²) in [6.45, 7) is 0.856. The Hall–Kier alpha value is -3.09. The molecule has 0 bridgehead atoms. The molecule has 1 saturated heterocycles. The molecule has 0 radical (unpaired) electrons. The molecule has 1 atom stereocenters. The molecule has 2 N–H and O–H groups in total. The Bertz CT molecular complexity index is 867. The van der Waals surface area contributed by atoms with E-state index < -0.39 is 6.04 Å². The van der Waals surface area contributed by atoms with E-state index >= 15 is 0 Å². The van der Waals surface area contributed by atoms with Gasteiger partial charge in [0.15, 0.2) is 5.76 Å². The first-order valence-electron chi connectivity index (χ1n) is 8.28. The maximum Gasteiger partial charge on any atom is 0.290 e. The number of amides is 2. The fourth-order valence-corrected chi connectivity index (χ4v) is 3.20. The van der Waals surface area contributed by atoms with Gasteiger partial charge in [0.25, 0.3) is 5.91 Å².